The fourth-order valence-corrected chi connectivity index (χ4v) is 1.76. The quantitative estimate of drug-likeness (QED) is 0.882. The first-order chi connectivity index (χ1) is 10.2. The molecule has 0 aliphatic heterocycles. The fraction of sp³-hybridized carbons (Fsp3) is 0.188. The third-order valence-electron chi connectivity index (χ3n) is 2.83. The Morgan fingerprint density at radius 3 is 2.67 bits per heavy atom. The lowest BCUT2D eigenvalue weighted by Gasteiger charge is -2.08. The number of nitrogens with one attached hydrogen (secondary N) is 2. The molecule has 0 spiro atoms. The summed E-state index contributed by atoms with van der Waals surface area (Å²) in [7, 11) is 0. The highest BCUT2D eigenvalue weighted by molar-refractivity contribution is 5.93. The summed E-state index contributed by atoms with van der Waals surface area (Å²) in [6.45, 7) is 2.63. The Hall–Kier alpha value is -2.87. The summed E-state index contributed by atoms with van der Waals surface area (Å²) in [5, 5.41) is 14.7. The molecule has 0 fully saturated rings. The number of amides is 1. The third kappa shape index (κ3) is 4.05. The molecular weight excluding hydrogens is 264 g/mol. The molecule has 106 valence electrons. The summed E-state index contributed by atoms with van der Waals surface area (Å²) in [4.78, 5) is 15.9. The molecule has 5 heteroatoms. The minimum Gasteiger partial charge on any atom is -0.355 e. The van der Waals surface area contributed by atoms with Crippen molar-refractivity contribution >= 4 is 17.3 Å². The van der Waals surface area contributed by atoms with Gasteiger partial charge in [-0.1, -0.05) is 6.92 Å². The summed E-state index contributed by atoms with van der Waals surface area (Å²) in [5.41, 5.74) is 2.61. The van der Waals surface area contributed by atoms with Crippen molar-refractivity contribution in [3.05, 3.63) is 53.9 Å². The molecule has 0 aliphatic carbocycles. The van der Waals surface area contributed by atoms with E-state index in [2.05, 4.69) is 21.7 Å². The van der Waals surface area contributed by atoms with Crippen molar-refractivity contribution in [3.8, 4) is 6.07 Å². The average molecular weight is 280 g/mol. The maximum Gasteiger partial charge on any atom is 0.269 e. The van der Waals surface area contributed by atoms with Gasteiger partial charge in [0.05, 0.1) is 11.6 Å². The summed E-state index contributed by atoms with van der Waals surface area (Å²) in [5.74, 6) is -0.180. The Morgan fingerprint density at radius 2 is 2.00 bits per heavy atom. The first kappa shape index (κ1) is 14.5. The monoisotopic (exact) mass is 280 g/mol. The zero-order valence-corrected chi connectivity index (χ0v) is 11.8. The van der Waals surface area contributed by atoms with Gasteiger partial charge >= 0.3 is 0 Å². The Kier molecular flexibility index (Phi) is 4.89. The van der Waals surface area contributed by atoms with Gasteiger partial charge in [0, 0.05) is 24.1 Å². The van der Waals surface area contributed by atoms with Gasteiger partial charge in [-0.25, -0.2) is 0 Å². The van der Waals surface area contributed by atoms with Crippen molar-refractivity contribution in [2.75, 3.05) is 11.9 Å². The zero-order valence-electron chi connectivity index (χ0n) is 11.8. The Balaban J connectivity index is 2.10. The van der Waals surface area contributed by atoms with Crippen LogP contribution >= 0.6 is 0 Å². The molecule has 5 nitrogen and oxygen atoms in total. The Bertz CT molecular complexity index is 659. The van der Waals surface area contributed by atoms with E-state index in [9.17, 15) is 4.79 Å². The van der Waals surface area contributed by atoms with E-state index in [0.717, 1.165) is 17.8 Å². The molecule has 0 aliphatic rings. The average Bonchev–Trinajstić information content (AvgIpc) is 2.53. The molecule has 0 atom stereocenters. The second kappa shape index (κ2) is 7.06. The predicted octanol–water partition coefficient (Wildman–Crippen LogP) is 2.84. The second-order valence-electron chi connectivity index (χ2n) is 4.50. The number of hydrogen-bond acceptors (Lipinski definition) is 4. The molecule has 21 heavy (non-hydrogen) atoms. The van der Waals surface area contributed by atoms with Crippen LogP contribution in [0.4, 0.5) is 11.4 Å². The SMILES string of the molecule is CCCNC(=O)c1cc(Nc2ccc(C#N)cc2)ccn1. The molecule has 1 aromatic heterocycles. The van der Waals surface area contributed by atoms with Gasteiger partial charge in [-0.2, -0.15) is 5.26 Å². The lowest BCUT2D eigenvalue weighted by Crippen LogP contribution is -2.24. The van der Waals surface area contributed by atoms with Crippen LogP contribution in [0.5, 0.6) is 0 Å². The van der Waals surface area contributed by atoms with Crippen LogP contribution in [0, 0.1) is 11.3 Å². The summed E-state index contributed by atoms with van der Waals surface area (Å²) in [6.07, 6.45) is 2.47. The number of hydrogen-bond donors (Lipinski definition) is 2. The predicted molar refractivity (Wildman–Crippen MR) is 81.3 cm³/mol. The van der Waals surface area contributed by atoms with E-state index in [-0.39, 0.29) is 5.91 Å². The summed E-state index contributed by atoms with van der Waals surface area (Å²) in [6, 6.07) is 12.7. The smallest absolute Gasteiger partial charge is 0.269 e. The molecular formula is C16H16N4O. The van der Waals surface area contributed by atoms with Crippen LogP contribution in [0.3, 0.4) is 0 Å². The van der Waals surface area contributed by atoms with E-state index in [1.165, 1.54) is 0 Å². The molecule has 1 aromatic carbocycles. The molecule has 1 heterocycles. The van der Waals surface area contributed by atoms with Crippen molar-refractivity contribution < 1.29 is 4.79 Å². The highest BCUT2D eigenvalue weighted by atomic mass is 16.1. The standard InChI is InChI=1S/C16H16N4O/c1-2-8-19-16(21)15-10-14(7-9-18-15)20-13-5-3-12(11-17)4-6-13/h3-7,9-10H,2,8H2,1H3,(H,18,20)(H,19,21). The van der Waals surface area contributed by atoms with E-state index in [1.54, 1.807) is 30.5 Å². The van der Waals surface area contributed by atoms with Gasteiger partial charge in [0.1, 0.15) is 5.69 Å². The first-order valence-corrected chi connectivity index (χ1v) is 6.74. The van der Waals surface area contributed by atoms with Crippen molar-refractivity contribution in [2.45, 2.75) is 13.3 Å². The van der Waals surface area contributed by atoms with Crippen molar-refractivity contribution in [3.63, 3.8) is 0 Å². The topological polar surface area (TPSA) is 77.8 Å². The summed E-state index contributed by atoms with van der Waals surface area (Å²) < 4.78 is 0. The van der Waals surface area contributed by atoms with Gasteiger partial charge in [-0.15, -0.1) is 0 Å². The molecule has 0 saturated heterocycles. The maximum absolute atomic E-state index is 11.9. The van der Waals surface area contributed by atoms with Gasteiger partial charge < -0.3 is 10.6 Å². The number of nitrogens with zero attached hydrogens (tertiary/aromatic N) is 2. The fourth-order valence-electron chi connectivity index (χ4n) is 1.76. The minimum absolute atomic E-state index is 0.180. The van der Waals surface area contributed by atoms with Crippen molar-refractivity contribution in [1.29, 1.82) is 5.26 Å². The third-order valence-corrected chi connectivity index (χ3v) is 2.83. The molecule has 0 unspecified atom stereocenters. The number of rotatable bonds is 5. The molecule has 0 saturated carbocycles. The number of nitriles is 1. The number of aromatic nitrogens is 1. The van der Waals surface area contributed by atoms with E-state index in [4.69, 9.17) is 5.26 Å². The number of carbonyl (C=O) groups excluding carboxylic acids is 1. The normalized spacial score (nSPS) is 9.71. The molecule has 2 aromatic rings. The van der Waals surface area contributed by atoms with Crippen LogP contribution in [0.2, 0.25) is 0 Å². The van der Waals surface area contributed by atoms with Crippen LogP contribution in [-0.4, -0.2) is 17.4 Å². The van der Waals surface area contributed by atoms with E-state index >= 15 is 0 Å². The highest BCUT2D eigenvalue weighted by Crippen LogP contribution is 2.17. The zero-order chi connectivity index (χ0) is 15.1. The minimum atomic E-state index is -0.180. The number of carbonyl (C=O) groups is 1. The van der Waals surface area contributed by atoms with Gasteiger partial charge in [0.15, 0.2) is 0 Å². The second-order valence-corrected chi connectivity index (χ2v) is 4.50. The van der Waals surface area contributed by atoms with Crippen LogP contribution < -0.4 is 10.6 Å². The van der Waals surface area contributed by atoms with Crippen molar-refractivity contribution in [2.24, 2.45) is 0 Å². The lowest BCUT2D eigenvalue weighted by molar-refractivity contribution is 0.0949. The van der Waals surface area contributed by atoms with E-state index < -0.39 is 0 Å². The molecule has 2 rings (SSSR count). The molecule has 0 radical (unpaired) electrons. The largest absolute Gasteiger partial charge is 0.355 e. The highest BCUT2D eigenvalue weighted by Gasteiger charge is 2.07. The number of benzene rings is 1. The Morgan fingerprint density at radius 1 is 1.24 bits per heavy atom. The molecule has 2 N–H and O–H groups in total. The molecule has 1 amide bonds. The van der Waals surface area contributed by atoms with Crippen LogP contribution in [0.1, 0.15) is 29.4 Å². The maximum atomic E-state index is 11.9. The lowest BCUT2D eigenvalue weighted by atomic mass is 10.2. The summed E-state index contributed by atoms with van der Waals surface area (Å²) >= 11 is 0. The number of anilines is 2. The Labute approximate surface area is 123 Å². The van der Waals surface area contributed by atoms with Crippen LogP contribution in [-0.2, 0) is 0 Å². The van der Waals surface area contributed by atoms with Crippen LogP contribution in [0.25, 0.3) is 0 Å². The van der Waals surface area contributed by atoms with Gasteiger partial charge in [-0.05, 0) is 42.8 Å². The van der Waals surface area contributed by atoms with Gasteiger partial charge in [0.25, 0.3) is 5.91 Å². The van der Waals surface area contributed by atoms with Gasteiger partial charge in [-0.3, -0.25) is 9.78 Å². The van der Waals surface area contributed by atoms with Crippen LogP contribution in [0.15, 0.2) is 42.6 Å². The van der Waals surface area contributed by atoms with Gasteiger partial charge in [0.2, 0.25) is 0 Å². The van der Waals surface area contributed by atoms with E-state index in [1.807, 2.05) is 19.1 Å². The van der Waals surface area contributed by atoms with Crippen molar-refractivity contribution in [1.82, 2.24) is 10.3 Å². The first-order valence-electron chi connectivity index (χ1n) is 6.74. The molecule has 0 bridgehead atoms. The van der Waals surface area contributed by atoms with E-state index in [0.29, 0.717) is 17.8 Å². The number of pyridine rings is 1.